The third-order valence-electron chi connectivity index (χ3n) is 2.37. The number of H-pyrrole nitrogens is 3. The first-order valence-corrected chi connectivity index (χ1v) is 4.97. The Morgan fingerprint density at radius 1 is 1.11 bits per heavy atom. The molecule has 0 atom stereocenters. The summed E-state index contributed by atoms with van der Waals surface area (Å²) in [6, 6.07) is 1.22. The van der Waals surface area contributed by atoms with Gasteiger partial charge in [-0.05, 0) is 6.07 Å². The zero-order valence-corrected chi connectivity index (χ0v) is 8.82. The van der Waals surface area contributed by atoms with Crippen molar-refractivity contribution in [3.8, 4) is 11.4 Å². The second-order valence-corrected chi connectivity index (χ2v) is 3.61. The maximum absolute atomic E-state index is 13.0. The SMILES string of the molecule is O=c1[nH]c(=O)c2[nH]c(-c3cncc(F)c3)nc2[nH]1. The highest BCUT2D eigenvalue weighted by Gasteiger charge is 2.09. The Kier molecular flexibility index (Phi) is 2.09. The average Bonchev–Trinajstić information content (AvgIpc) is 2.73. The van der Waals surface area contributed by atoms with Crippen molar-refractivity contribution >= 4 is 11.2 Å². The number of imidazole rings is 1. The number of hydrogen-bond acceptors (Lipinski definition) is 4. The van der Waals surface area contributed by atoms with Crippen molar-refractivity contribution < 1.29 is 4.39 Å². The molecule has 8 heteroatoms. The number of rotatable bonds is 1. The van der Waals surface area contributed by atoms with E-state index in [4.69, 9.17) is 0 Å². The van der Waals surface area contributed by atoms with Crippen LogP contribution in [0.5, 0.6) is 0 Å². The number of aromatic amines is 3. The molecule has 0 saturated heterocycles. The standard InChI is InChI=1S/C10H6FN5O2/c11-5-1-4(2-12-3-5)7-13-6-8(14-7)15-10(18)16-9(6)17/h1-3H,(H3,13,14,15,16,17,18). The monoisotopic (exact) mass is 247 g/mol. The van der Waals surface area contributed by atoms with E-state index in [9.17, 15) is 14.0 Å². The fraction of sp³-hybridized carbons (Fsp3) is 0. The molecular formula is C10H6FN5O2. The van der Waals surface area contributed by atoms with Crippen LogP contribution in [-0.4, -0.2) is 24.9 Å². The summed E-state index contributed by atoms with van der Waals surface area (Å²) in [5.74, 6) is -0.264. The Balaban J connectivity index is 2.29. The number of fused-ring (bicyclic) bond motifs is 1. The summed E-state index contributed by atoms with van der Waals surface area (Å²) in [7, 11) is 0. The van der Waals surface area contributed by atoms with Gasteiger partial charge in [0, 0.05) is 11.8 Å². The average molecular weight is 247 g/mol. The molecule has 0 aliphatic rings. The van der Waals surface area contributed by atoms with E-state index in [0.29, 0.717) is 5.56 Å². The van der Waals surface area contributed by atoms with Crippen molar-refractivity contribution in [2.45, 2.75) is 0 Å². The minimum absolute atomic E-state index is 0.114. The lowest BCUT2D eigenvalue weighted by atomic mass is 10.3. The molecule has 0 unspecified atom stereocenters. The lowest BCUT2D eigenvalue weighted by Gasteiger charge is -1.94. The molecule has 3 heterocycles. The lowest BCUT2D eigenvalue weighted by Crippen LogP contribution is -2.21. The molecule has 0 aromatic carbocycles. The van der Waals surface area contributed by atoms with E-state index in [-0.39, 0.29) is 17.0 Å². The highest BCUT2D eigenvalue weighted by Crippen LogP contribution is 2.16. The fourth-order valence-corrected chi connectivity index (χ4v) is 1.61. The summed E-state index contributed by atoms with van der Waals surface area (Å²) in [6.07, 6.45) is 2.45. The first kappa shape index (κ1) is 10.4. The molecule has 3 N–H and O–H groups in total. The molecule has 90 valence electrons. The summed E-state index contributed by atoms with van der Waals surface area (Å²) in [5.41, 5.74) is -0.622. The van der Waals surface area contributed by atoms with Crippen LogP contribution < -0.4 is 11.2 Å². The van der Waals surface area contributed by atoms with Gasteiger partial charge in [0.1, 0.15) is 17.2 Å². The van der Waals surface area contributed by atoms with Crippen LogP contribution in [0, 0.1) is 5.82 Å². The van der Waals surface area contributed by atoms with Crippen molar-refractivity contribution in [1.29, 1.82) is 0 Å². The predicted octanol–water partition coefficient (Wildman–Crippen LogP) is 0.141. The van der Waals surface area contributed by atoms with Crippen LogP contribution in [0.1, 0.15) is 0 Å². The molecule has 0 fully saturated rings. The fourth-order valence-electron chi connectivity index (χ4n) is 1.61. The van der Waals surface area contributed by atoms with Gasteiger partial charge in [-0.15, -0.1) is 0 Å². The summed E-state index contributed by atoms with van der Waals surface area (Å²) >= 11 is 0. The molecule has 7 nitrogen and oxygen atoms in total. The van der Waals surface area contributed by atoms with Gasteiger partial charge < -0.3 is 4.98 Å². The number of nitrogens with one attached hydrogen (secondary N) is 3. The topological polar surface area (TPSA) is 107 Å². The van der Waals surface area contributed by atoms with Gasteiger partial charge in [0.2, 0.25) is 0 Å². The van der Waals surface area contributed by atoms with Crippen LogP contribution in [0.4, 0.5) is 4.39 Å². The second kappa shape index (κ2) is 3.62. The number of hydrogen-bond donors (Lipinski definition) is 3. The van der Waals surface area contributed by atoms with Crippen molar-refractivity contribution in [2.75, 3.05) is 0 Å². The third-order valence-corrected chi connectivity index (χ3v) is 2.37. The van der Waals surface area contributed by atoms with Gasteiger partial charge in [0.25, 0.3) is 5.56 Å². The number of nitrogens with zero attached hydrogens (tertiary/aromatic N) is 2. The van der Waals surface area contributed by atoms with E-state index in [1.807, 2.05) is 0 Å². The summed E-state index contributed by atoms with van der Waals surface area (Å²) < 4.78 is 13.0. The summed E-state index contributed by atoms with van der Waals surface area (Å²) in [4.78, 5) is 37.4. The van der Waals surface area contributed by atoms with Crippen molar-refractivity contribution in [1.82, 2.24) is 24.9 Å². The van der Waals surface area contributed by atoms with Crippen LogP contribution in [0.25, 0.3) is 22.6 Å². The highest BCUT2D eigenvalue weighted by molar-refractivity contribution is 5.74. The zero-order valence-electron chi connectivity index (χ0n) is 8.82. The van der Waals surface area contributed by atoms with Crippen LogP contribution >= 0.6 is 0 Å². The molecule has 0 aliphatic carbocycles. The third kappa shape index (κ3) is 1.59. The first-order chi connectivity index (χ1) is 8.63. The molecule has 18 heavy (non-hydrogen) atoms. The van der Waals surface area contributed by atoms with Gasteiger partial charge in [-0.3, -0.25) is 19.7 Å². The minimum Gasteiger partial charge on any atom is -0.332 e. The largest absolute Gasteiger partial charge is 0.332 e. The molecule has 0 radical (unpaired) electrons. The smallest absolute Gasteiger partial charge is 0.327 e. The Morgan fingerprint density at radius 2 is 1.94 bits per heavy atom. The maximum Gasteiger partial charge on any atom is 0.327 e. The molecule has 3 aromatic rings. The van der Waals surface area contributed by atoms with E-state index in [1.165, 1.54) is 12.3 Å². The Bertz CT molecular complexity index is 847. The second-order valence-electron chi connectivity index (χ2n) is 3.61. The van der Waals surface area contributed by atoms with Crippen molar-refractivity contribution in [3.05, 3.63) is 45.1 Å². The van der Waals surface area contributed by atoms with Crippen LogP contribution in [0.3, 0.4) is 0 Å². The van der Waals surface area contributed by atoms with Crippen LogP contribution in [-0.2, 0) is 0 Å². The molecule has 0 amide bonds. The molecule has 0 spiro atoms. The zero-order chi connectivity index (χ0) is 12.7. The van der Waals surface area contributed by atoms with Crippen molar-refractivity contribution in [3.63, 3.8) is 0 Å². The molecule has 0 aliphatic heterocycles. The van der Waals surface area contributed by atoms with Gasteiger partial charge in [-0.2, -0.15) is 0 Å². The van der Waals surface area contributed by atoms with Crippen LogP contribution in [0.2, 0.25) is 0 Å². The first-order valence-electron chi connectivity index (χ1n) is 4.97. The molecular weight excluding hydrogens is 241 g/mol. The highest BCUT2D eigenvalue weighted by atomic mass is 19.1. The van der Waals surface area contributed by atoms with Gasteiger partial charge in [0.05, 0.1) is 6.20 Å². The van der Waals surface area contributed by atoms with Gasteiger partial charge in [-0.25, -0.2) is 14.2 Å². The van der Waals surface area contributed by atoms with Gasteiger partial charge in [-0.1, -0.05) is 0 Å². The summed E-state index contributed by atoms with van der Waals surface area (Å²) in [5, 5.41) is 0. The Hall–Kier alpha value is -2.77. The predicted molar refractivity (Wildman–Crippen MR) is 60.5 cm³/mol. The Labute approximate surface area is 97.7 Å². The molecule has 3 rings (SSSR count). The quantitative estimate of drug-likeness (QED) is 0.568. The minimum atomic E-state index is -0.650. The van der Waals surface area contributed by atoms with E-state index in [1.54, 1.807) is 0 Å². The van der Waals surface area contributed by atoms with E-state index < -0.39 is 17.1 Å². The molecule has 0 bridgehead atoms. The van der Waals surface area contributed by atoms with E-state index >= 15 is 0 Å². The maximum atomic E-state index is 13.0. The van der Waals surface area contributed by atoms with Crippen LogP contribution in [0.15, 0.2) is 28.0 Å². The number of halogens is 1. The number of pyridine rings is 1. The van der Waals surface area contributed by atoms with E-state index in [2.05, 4.69) is 24.9 Å². The van der Waals surface area contributed by atoms with Gasteiger partial charge in [0.15, 0.2) is 5.65 Å². The van der Waals surface area contributed by atoms with E-state index in [0.717, 1.165) is 6.20 Å². The Morgan fingerprint density at radius 3 is 2.72 bits per heavy atom. The van der Waals surface area contributed by atoms with Crippen molar-refractivity contribution in [2.24, 2.45) is 0 Å². The normalized spacial score (nSPS) is 10.9. The molecule has 3 aromatic heterocycles. The summed E-state index contributed by atoms with van der Waals surface area (Å²) in [6.45, 7) is 0. The molecule has 0 saturated carbocycles. The number of aromatic nitrogens is 5. The lowest BCUT2D eigenvalue weighted by molar-refractivity contribution is 0.622. The van der Waals surface area contributed by atoms with Gasteiger partial charge >= 0.3 is 5.69 Å².